The van der Waals surface area contributed by atoms with E-state index >= 15 is 0 Å². The number of nitrogens with zero attached hydrogens (tertiary/aromatic N) is 3. The Bertz CT molecular complexity index is 781. The van der Waals surface area contributed by atoms with Gasteiger partial charge in [0.05, 0.1) is 11.0 Å². The fourth-order valence-corrected chi connectivity index (χ4v) is 4.45. The van der Waals surface area contributed by atoms with Crippen LogP contribution < -0.4 is 0 Å². The number of benzene rings is 1. The van der Waals surface area contributed by atoms with Gasteiger partial charge in [0.2, 0.25) is 10.0 Å². The van der Waals surface area contributed by atoms with Crippen LogP contribution in [0.2, 0.25) is 0 Å². The Morgan fingerprint density at radius 2 is 1.77 bits per heavy atom. The predicted octanol–water partition coefficient (Wildman–Crippen LogP) is 2.87. The summed E-state index contributed by atoms with van der Waals surface area (Å²) in [5, 5.41) is 8.98. The van der Waals surface area contributed by atoms with Crippen LogP contribution in [0.4, 0.5) is 0 Å². The largest absolute Gasteiger partial charge is 0.320 e. The zero-order valence-electron chi connectivity index (χ0n) is 15.9. The van der Waals surface area contributed by atoms with Crippen molar-refractivity contribution in [2.45, 2.75) is 51.0 Å². The van der Waals surface area contributed by atoms with Crippen LogP contribution in [0.5, 0.6) is 0 Å². The number of amides is 1. The molecule has 1 fully saturated rings. The second-order valence-corrected chi connectivity index (χ2v) is 9.77. The van der Waals surface area contributed by atoms with Crippen LogP contribution >= 0.6 is 0 Å². The van der Waals surface area contributed by atoms with E-state index in [4.69, 9.17) is 5.26 Å². The van der Waals surface area contributed by atoms with Gasteiger partial charge in [-0.05, 0) is 63.8 Å². The van der Waals surface area contributed by atoms with E-state index in [0.717, 1.165) is 12.8 Å². The number of carbonyl (C=O) groups excluding carboxylic acids is 1. The van der Waals surface area contributed by atoms with Crippen molar-refractivity contribution in [2.75, 3.05) is 19.6 Å². The number of hydrogen-bond acceptors (Lipinski definition) is 4. The van der Waals surface area contributed by atoms with E-state index in [1.807, 2.05) is 26.8 Å². The minimum absolute atomic E-state index is 0.0195. The lowest BCUT2D eigenvalue weighted by molar-refractivity contribution is 0.0620. The molecule has 0 bridgehead atoms. The van der Waals surface area contributed by atoms with Crippen LogP contribution in [-0.4, -0.2) is 48.7 Å². The second kappa shape index (κ2) is 7.77. The van der Waals surface area contributed by atoms with Gasteiger partial charge in [0, 0.05) is 24.2 Å². The first-order chi connectivity index (χ1) is 12.1. The molecule has 6 nitrogen and oxygen atoms in total. The molecule has 0 spiro atoms. The molecule has 1 heterocycles. The molecule has 1 aliphatic rings. The summed E-state index contributed by atoms with van der Waals surface area (Å²) < 4.78 is 27.0. The number of hydrogen-bond donors (Lipinski definition) is 0. The summed E-state index contributed by atoms with van der Waals surface area (Å²) in [4.78, 5) is 14.4. The Labute approximate surface area is 156 Å². The number of rotatable bonds is 4. The first-order valence-corrected chi connectivity index (χ1v) is 10.3. The second-order valence-electron chi connectivity index (χ2n) is 7.83. The van der Waals surface area contributed by atoms with Gasteiger partial charge in [0.1, 0.15) is 6.54 Å². The Morgan fingerprint density at radius 1 is 1.23 bits per heavy atom. The molecule has 1 saturated heterocycles. The van der Waals surface area contributed by atoms with Gasteiger partial charge >= 0.3 is 0 Å². The topological polar surface area (TPSA) is 81.5 Å². The highest BCUT2D eigenvalue weighted by Gasteiger charge is 2.30. The minimum Gasteiger partial charge on any atom is -0.320 e. The number of sulfonamides is 1. The lowest BCUT2D eigenvalue weighted by Gasteiger charge is -2.33. The average molecular weight is 378 g/mol. The maximum absolute atomic E-state index is 12.8. The first kappa shape index (κ1) is 20.4. The monoisotopic (exact) mass is 377 g/mol. The molecule has 142 valence electrons. The molecule has 0 atom stereocenters. The van der Waals surface area contributed by atoms with Crippen LogP contribution in [-0.2, 0) is 10.0 Å². The molecular formula is C19H27N3O3S. The molecule has 1 aliphatic heterocycles. The molecule has 0 N–H and O–H groups in total. The van der Waals surface area contributed by atoms with Crippen molar-refractivity contribution in [3.05, 3.63) is 29.8 Å². The molecule has 26 heavy (non-hydrogen) atoms. The van der Waals surface area contributed by atoms with E-state index in [1.165, 1.54) is 33.5 Å². The van der Waals surface area contributed by atoms with Crippen LogP contribution in [0, 0.1) is 17.2 Å². The average Bonchev–Trinajstić information content (AvgIpc) is 2.58. The molecule has 0 unspecified atom stereocenters. The third-order valence-electron chi connectivity index (χ3n) is 4.77. The van der Waals surface area contributed by atoms with Gasteiger partial charge in [-0.3, -0.25) is 4.79 Å². The summed E-state index contributed by atoms with van der Waals surface area (Å²) >= 11 is 0. The lowest BCUT2D eigenvalue weighted by atomic mass is 10.0. The fraction of sp³-hybridized carbons (Fsp3) is 0.579. The van der Waals surface area contributed by atoms with Crippen LogP contribution in [0.25, 0.3) is 0 Å². The summed E-state index contributed by atoms with van der Waals surface area (Å²) in [6.45, 7) is 8.75. The maximum Gasteiger partial charge on any atom is 0.255 e. The van der Waals surface area contributed by atoms with E-state index in [-0.39, 0.29) is 17.3 Å². The first-order valence-electron chi connectivity index (χ1n) is 8.86. The van der Waals surface area contributed by atoms with Gasteiger partial charge in [0.25, 0.3) is 5.91 Å². The van der Waals surface area contributed by atoms with Crippen molar-refractivity contribution in [3.8, 4) is 6.07 Å². The highest BCUT2D eigenvalue weighted by Crippen LogP contribution is 2.24. The maximum atomic E-state index is 12.8. The molecule has 0 aromatic heterocycles. The summed E-state index contributed by atoms with van der Waals surface area (Å²) in [5.74, 6) is 0.264. The van der Waals surface area contributed by atoms with E-state index < -0.39 is 15.6 Å². The van der Waals surface area contributed by atoms with Crippen LogP contribution in [0.1, 0.15) is 50.9 Å². The summed E-state index contributed by atoms with van der Waals surface area (Å²) in [6.07, 6.45) is 1.73. The summed E-state index contributed by atoms with van der Waals surface area (Å²) in [5.41, 5.74) is -0.122. The molecule has 0 aliphatic carbocycles. The third kappa shape index (κ3) is 4.43. The molecule has 0 saturated carbocycles. The molecule has 1 amide bonds. The molecule has 1 aromatic rings. The molecule has 1 aromatic carbocycles. The molecular weight excluding hydrogens is 350 g/mol. The van der Waals surface area contributed by atoms with E-state index in [9.17, 15) is 13.2 Å². The van der Waals surface area contributed by atoms with Gasteiger partial charge in [-0.2, -0.15) is 9.57 Å². The Hall–Kier alpha value is -1.91. The van der Waals surface area contributed by atoms with Gasteiger partial charge < -0.3 is 4.90 Å². The Kier molecular flexibility index (Phi) is 6.09. The van der Waals surface area contributed by atoms with Crippen LogP contribution in [0.3, 0.4) is 0 Å². The number of piperidine rings is 1. The van der Waals surface area contributed by atoms with Crippen molar-refractivity contribution in [1.82, 2.24) is 9.21 Å². The SMILES string of the molecule is CC1CCN(S(=O)(=O)c2ccc(C(=O)N(CC#N)C(C)(C)C)cc2)CC1. The normalized spacial score (nSPS) is 16.9. The summed E-state index contributed by atoms with van der Waals surface area (Å²) in [6, 6.07) is 8.02. The third-order valence-corrected chi connectivity index (χ3v) is 6.68. The van der Waals surface area contributed by atoms with Crippen LogP contribution in [0.15, 0.2) is 29.2 Å². The fourth-order valence-electron chi connectivity index (χ4n) is 2.98. The van der Waals surface area contributed by atoms with Gasteiger partial charge in [0.15, 0.2) is 0 Å². The Morgan fingerprint density at radius 3 is 2.23 bits per heavy atom. The summed E-state index contributed by atoms with van der Waals surface area (Å²) in [7, 11) is -3.53. The van der Waals surface area contributed by atoms with E-state index in [1.54, 1.807) is 0 Å². The quantitative estimate of drug-likeness (QED) is 0.756. The smallest absolute Gasteiger partial charge is 0.255 e. The molecule has 7 heteroatoms. The van der Waals surface area contributed by atoms with Gasteiger partial charge in [-0.1, -0.05) is 6.92 Å². The van der Waals surface area contributed by atoms with Crippen molar-refractivity contribution in [3.63, 3.8) is 0 Å². The van der Waals surface area contributed by atoms with Crippen molar-refractivity contribution >= 4 is 15.9 Å². The zero-order valence-corrected chi connectivity index (χ0v) is 16.7. The number of nitriles is 1. The number of carbonyl (C=O) groups is 1. The predicted molar refractivity (Wildman–Crippen MR) is 100 cm³/mol. The molecule has 2 rings (SSSR count). The standard InChI is InChI=1S/C19H27N3O3S/c1-15-9-12-21(13-10-15)26(24,25)17-7-5-16(6-8-17)18(23)22(14-11-20)19(2,3)4/h5-8,15H,9-10,12-14H2,1-4H3. The lowest BCUT2D eigenvalue weighted by Crippen LogP contribution is -2.45. The van der Waals surface area contributed by atoms with Crippen molar-refractivity contribution in [1.29, 1.82) is 5.26 Å². The minimum atomic E-state index is -3.53. The van der Waals surface area contributed by atoms with Crippen molar-refractivity contribution < 1.29 is 13.2 Å². The van der Waals surface area contributed by atoms with E-state index in [2.05, 4.69) is 6.92 Å². The molecule has 0 radical (unpaired) electrons. The van der Waals surface area contributed by atoms with E-state index in [0.29, 0.717) is 24.6 Å². The van der Waals surface area contributed by atoms with Crippen molar-refractivity contribution in [2.24, 2.45) is 5.92 Å². The highest BCUT2D eigenvalue weighted by atomic mass is 32.2. The Balaban J connectivity index is 2.22. The zero-order chi connectivity index (χ0) is 19.5. The van der Waals surface area contributed by atoms with Gasteiger partial charge in [-0.15, -0.1) is 0 Å². The van der Waals surface area contributed by atoms with Gasteiger partial charge in [-0.25, -0.2) is 8.42 Å². The highest BCUT2D eigenvalue weighted by molar-refractivity contribution is 7.89.